The number of hydrogen-bond acceptors (Lipinski definition) is 3. The van der Waals surface area contributed by atoms with Crippen molar-refractivity contribution in [2.24, 2.45) is 19.5 Å². The van der Waals surface area contributed by atoms with Crippen LogP contribution in [0.3, 0.4) is 0 Å². The van der Waals surface area contributed by atoms with Crippen LogP contribution in [0.1, 0.15) is 68.1 Å². The molecular weight excluding hydrogens is 326 g/mol. The minimum absolute atomic E-state index is 0.0369. The molecule has 0 radical (unpaired) electrons. The van der Waals surface area contributed by atoms with E-state index in [9.17, 15) is 9.59 Å². The second kappa shape index (κ2) is 6.78. The number of hydrogen-bond donors (Lipinski definition) is 1. The minimum Gasteiger partial charge on any atom is -0.379 e. The van der Waals surface area contributed by atoms with E-state index in [-0.39, 0.29) is 23.5 Å². The molecule has 0 atom stereocenters. The number of aromatic nitrogens is 2. The van der Waals surface area contributed by atoms with Crippen LogP contribution in [0.2, 0.25) is 0 Å². The van der Waals surface area contributed by atoms with Gasteiger partial charge >= 0.3 is 0 Å². The Hall–Kier alpha value is -2.30. The van der Waals surface area contributed by atoms with Gasteiger partial charge in [-0.15, -0.1) is 0 Å². The van der Waals surface area contributed by atoms with Gasteiger partial charge in [0.1, 0.15) is 0 Å². The number of carbonyl (C=O) groups is 2. The second-order valence-corrected chi connectivity index (χ2v) is 9.12. The van der Waals surface area contributed by atoms with Crippen LogP contribution in [0, 0.1) is 5.41 Å². The average molecular weight is 357 g/mol. The van der Waals surface area contributed by atoms with E-state index >= 15 is 0 Å². The van der Waals surface area contributed by atoms with Gasteiger partial charge in [0, 0.05) is 43.9 Å². The molecule has 0 unspecified atom stereocenters. The third-order valence-corrected chi connectivity index (χ3v) is 4.15. The molecule has 26 heavy (non-hydrogen) atoms. The molecule has 0 fully saturated rings. The van der Waals surface area contributed by atoms with Crippen molar-refractivity contribution >= 4 is 17.3 Å². The molecule has 0 aliphatic carbocycles. The Morgan fingerprint density at radius 3 is 2.04 bits per heavy atom. The predicted octanol–water partition coefficient (Wildman–Crippen LogP) is 4.23. The van der Waals surface area contributed by atoms with Crippen LogP contribution < -0.4 is 5.32 Å². The Morgan fingerprint density at radius 1 is 0.923 bits per heavy atom. The molecule has 2 rings (SSSR count). The second-order valence-electron chi connectivity index (χ2n) is 9.12. The van der Waals surface area contributed by atoms with Gasteiger partial charge in [0.2, 0.25) is 0 Å². The maximum absolute atomic E-state index is 12.8. The molecule has 5 nitrogen and oxygen atoms in total. The molecule has 0 aliphatic heterocycles. The quantitative estimate of drug-likeness (QED) is 0.815. The fourth-order valence-corrected chi connectivity index (χ4v) is 2.96. The van der Waals surface area contributed by atoms with Gasteiger partial charge in [-0.05, 0) is 38.5 Å². The van der Waals surface area contributed by atoms with Crippen LogP contribution in [0.5, 0.6) is 0 Å². The third kappa shape index (κ3) is 4.65. The maximum Gasteiger partial charge on any atom is 0.184 e. The molecule has 0 saturated heterocycles. The number of Topliss-reactive ketones (excluding diaryl/α,β-unsaturated/α-hetero) is 2. The van der Waals surface area contributed by atoms with E-state index in [0.29, 0.717) is 11.4 Å². The Balaban J connectivity index is 2.20. The highest BCUT2D eigenvalue weighted by atomic mass is 16.1. The van der Waals surface area contributed by atoms with E-state index in [0.717, 1.165) is 11.3 Å². The predicted molar refractivity (Wildman–Crippen MR) is 106 cm³/mol. The molecule has 2 aromatic heterocycles. The topological polar surface area (TPSA) is 56.0 Å². The third-order valence-electron chi connectivity index (χ3n) is 4.15. The zero-order chi connectivity index (χ0) is 19.9. The van der Waals surface area contributed by atoms with E-state index in [1.807, 2.05) is 68.5 Å². The number of ketones is 2. The first-order valence-corrected chi connectivity index (χ1v) is 8.96. The standard InChI is InChI=1S/C21H31N3O2/c1-20(2,3)19(26)17-9-14(12-23(17)7)10-18(25)16-11-15(13-24(16)8)22-21(4,5)6/h9,11-13,22H,10H2,1-8H3. The Labute approximate surface area is 156 Å². The zero-order valence-electron chi connectivity index (χ0n) is 17.2. The Kier molecular flexibility index (Phi) is 5.22. The summed E-state index contributed by atoms with van der Waals surface area (Å²) in [5.74, 6) is 0.115. The smallest absolute Gasteiger partial charge is 0.184 e. The Morgan fingerprint density at radius 2 is 1.50 bits per heavy atom. The van der Waals surface area contributed by atoms with Crippen molar-refractivity contribution in [2.45, 2.75) is 53.5 Å². The van der Waals surface area contributed by atoms with Crippen molar-refractivity contribution in [1.29, 1.82) is 0 Å². The summed E-state index contributed by atoms with van der Waals surface area (Å²) in [4.78, 5) is 25.3. The van der Waals surface area contributed by atoms with Crippen molar-refractivity contribution < 1.29 is 9.59 Å². The van der Waals surface area contributed by atoms with Crippen LogP contribution in [0.25, 0.3) is 0 Å². The van der Waals surface area contributed by atoms with Crippen LogP contribution in [-0.4, -0.2) is 26.2 Å². The molecule has 142 valence electrons. The monoisotopic (exact) mass is 357 g/mol. The van der Waals surface area contributed by atoms with Crippen LogP contribution in [0.15, 0.2) is 24.5 Å². The van der Waals surface area contributed by atoms with Gasteiger partial charge in [-0.2, -0.15) is 0 Å². The molecular formula is C21H31N3O2. The summed E-state index contributed by atoms with van der Waals surface area (Å²) in [5, 5.41) is 3.38. The number of carbonyl (C=O) groups excluding carboxylic acids is 2. The molecule has 0 saturated carbocycles. The maximum atomic E-state index is 12.8. The molecule has 2 aromatic rings. The highest BCUT2D eigenvalue weighted by Gasteiger charge is 2.26. The normalized spacial score (nSPS) is 12.3. The summed E-state index contributed by atoms with van der Waals surface area (Å²) in [6.45, 7) is 12.0. The van der Waals surface area contributed by atoms with Crippen LogP contribution >= 0.6 is 0 Å². The van der Waals surface area contributed by atoms with E-state index < -0.39 is 5.41 Å². The summed E-state index contributed by atoms with van der Waals surface area (Å²) in [7, 11) is 3.72. The lowest BCUT2D eigenvalue weighted by Gasteiger charge is -2.20. The van der Waals surface area contributed by atoms with E-state index in [1.54, 1.807) is 0 Å². The van der Waals surface area contributed by atoms with Gasteiger partial charge in [0.15, 0.2) is 11.6 Å². The molecule has 0 aliphatic rings. The summed E-state index contributed by atoms with van der Waals surface area (Å²) >= 11 is 0. The summed E-state index contributed by atoms with van der Waals surface area (Å²) in [6, 6.07) is 3.72. The first-order valence-electron chi connectivity index (χ1n) is 8.96. The van der Waals surface area contributed by atoms with Crippen molar-refractivity contribution in [1.82, 2.24) is 9.13 Å². The zero-order valence-corrected chi connectivity index (χ0v) is 17.2. The fourth-order valence-electron chi connectivity index (χ4n) is 2.96. The first kappa shape index (κ1) is 20.0. The van der Waals surface area contributed by atoms with Gasteiger partial charge < -0.3 is 14.5 Å². The summed E-state index contributed by atoms with van der Waals surface area (Å²) in [5.41, 5.74) is 2.57. The van der Waals surface area contributed by atoms with Crippen LogP contribution in [-0.2, 0) is 20.5 Å². The fraction of sp³-hybridized carbons (Fsp3) is 0.524. The summed E-state index contributed by atoms with van der Waals surface area (Å²) < 4.78 is 3.66. The molecule has 5 heteroatoms. The lowest BCUT2D eigenvalue weighted by Crippen LogP contribution is -2.25. The number of nitrogens with zero attached hydrogens (tertiary/aromatic N) is 2. The van der Waals surface area contributed by atoms with Crippen LogP contribution in [0.4, 0.5) is 5.69 Å². The molecule has 0 spiro atoms. The molecule has 0 amide bonds. The first-order chi connectivity index (χ1) is 11.8. The van der Waals surface area contributed by atoms with Crippen molar-refractivity contribution in [3.63, 3.8) is 0 Å². The van der Waals surface area contributed by atoms with Crippen molar-refractivity contribution in [3.8, 4) is 0 Å². The van der Waals surface area contributed by atoms with Crippen molar-refractivity contribution in [2.75, 3.05) is 5.32 Å². The van der Waals surface area contributed by atoms with E-state index in [4.69, 9.17) is 0 Å². The Bertz CT molecular complexity index is 827. The number of aryl methyl sites for hydroxylation is 2. The van der Waals surface area contributed by atoms with Gasteiger partial charge in [-0.3, -0.25) is 9.59 Å². The SMILES string of the molecule is Cn1cc(NC(C)(C)C)cc1C(=O)Cc1cc(C(=O)C(C)(C)C)n(C)c1. The number of rotatable bonds is 5. The average Bonchev–Trinajstić information content (AvgIpc) is 2.98. The van der Waals surface area contributed by atoms with E-state index in [2.05, 4.69) is 26.1 Å². The molecule has 0 bridgehead atoms. The molecule has 1 N–H and O–H groups in total. The lowest BCUT2D eigenvalue weighted by atomic mass is 9.89. The lowest BCUT2D eigenvalue weighted by molar-refractivity contribution is 0.0849. The van der Waals surface area contributed by atoms with Gasteiger partial charge in [-0.1, -0.05) is 20.8 Å². The number of nitrogens with one attached hydrogen (secondary N) is 1. The summed E-state index contributed by atoms with van der Waals surface area (Å²) in [6.07, 6.45) is 4.07. The van der Waals surface area contributed by atoms with Gasteiger partial charge in [0.25, 0.3) is 0 Å². The number of anilines is 1. The van der Waals surface area contributed by atoms with Crippen molar-refractivity contribution in [3.05, 3.63) is 41.5 Å². The molecule has 0 aromatic carbocycles. The highest BCUT2D eigenvalue weighted by molar-refractivity contribution is 6.00. The van der Waals surface area contributed by atoms with E-state index in [1.165, 1.54) is 0 Å². The molecule has 2 heterocycles. The van der Waals surface area contributed by atoms with Gasteiger partial charge in [0.05, 0.1) is 17.1 Å². The van der Waals surface area contributed by atoms with Gasteiger partial charge in [-0.25, -0.2) is 0 Å². The highest BCUT2D eigenvalue weighted by Crippen LogP contribution is 2.23. The minimum atomic E-state index is -0.445. The largest absolute Gasteiger partial charge is 0.379 e.